The maximum atomic E-state index is 12.1. The van der Waals surface area contributed by atoms with Crippen LogP contribution >= 0.6 is 0 Å². The van der Waals surface area contributed by atoms with Gasteiger partial charge in [0.15, 0.2) is 0 Å². The molecule has 1 aliphatic heterocycles. The summed E-state index contributed by atoms with van der Waals surface area (Å²) in [5.74, 6) is 2.27. The van der Waals surface area contributed by atoms with Crippen LogP contribution in [0.3, 0.4) is 0 Å². The van der Waals surface area contributed by atoms with Gasteiger partial charge < -0.3 is 10.2 Å². The van der Waals surface area contributed by atoms with E-state index in [9.17, 15) is 22.8 Å². The van der Waals surface area contributed by atoms with Crippen LogP contribution in [0.1, 0.15) is 50.5 Å². The number of fused-ring (bicyclic) bond motifs is 1. The number of urea groups is 2. The van der Waals surface area contributed by atoms with Crippen molar-refractivity contribution in [1.82, 2.24) is 19.8 Å². The van der Waals surface area contributed by atoms with E-state index in [1.807, 2.05) is 4.72 Å². The standard InChI is InChI=1S/C17H24N4O5S.C6H10/c1-20(2)17(24)19-27(25,26)14-8-6-13(7-9-14)10-11-18-16(23)21-12-4-3-5-15(21)22;1-2-6-4-3-5(1)6/h6-9H,3-5,10-12H2,1-2H3,(H,18,23)(H,19,24);5-6H,1-4H2. The molecule has 1 aromatic rings. The average molecular weight is 479 g/mol. The Morgan fingerprint density at radius 2 is 1.64 bits per heavy atom. The molecular formula is C23H34N4O5S. The first-order valence-electron chi connectivity index (χ1n) is 11.6. The van der Waals surface area contributed by atoms with E-state index in [-0.39, 0.29) is 10.8 Å². The number of hydrogen-bond donors (Lipinski definition) is 2. The van der Waals surface area contributed by atoms with Crippen LogP contribution in [0.15, 0.2) is 29.2 Å². The van der Waals surface area contributed by atoms with Crippen LogP contribution in [-0.2, 0) is 21.2 Å². The third-order valence-corrected chi connectivity index (χ3v) is 7.94. The van der Waals surface area contributed by atoms with Gasteiger partial charge in [-0.2, -0.15) is 0 Å². The lowest BCUT2D eigenvalue weighted by Gasteiger charge is -2.46. The van der Waals surface area contributed by atoms with Gasteiger partial charge in [0.2, 0.25) is 5.91 Å². The van der Waals surface area contributed by atoms with E-state index >= 15 is 0 Å². The number of likely N-dealkylation sites (tertiary alicyclic amines) is 1. The van der Waals surface area contributed by atoms with Crippen molar-refractivity contribution in [3.05, 3.63) is 29.8 Å². The minimum atomic E-state index is -3.93. The third-order valence-electron chi connectivity index (χ3n) is 6.60. The fourth-order valence-corrected chi connectivity index (χ4v) is 5.12. The van der Waals surface area contributed by atoms with Crippen LogP contribution in [0, 0.1) is 11.8 Å². The molecule has 0 bridgehead atoms. The predicted molar refractivity (Wildman–Crippen MR) is 124 cm³/mol. The fourth-order valence-electron chi connectivity index (χ4n) is 4.10. The van der Waals surface area contributed by atoms with Gasteiger partial charge in [0, 0.05) is 33.6 Å². The molecule has 0 atom stereocenters. The second-order valence-electron chi connectivity index (χ2n) is 9.11. The van der Waals surface area contributed by atoms with Crippen LogP contribution in [0.4, 0.5) is 9.59 Å². The van der Waals surface area contributed by atoms with Crippen LogP contribution in [0.5, 0.6) is 0 Å². The summed E-state index contributed by atoms with van der Waals surface area (Å²) in [5, 5.41) is 2.70. The van der Waals surface area contributed by atoms with E-state index in [1.165, 1.54) is 43.0 Å². The molecule has 10 heteroatoms. The summed E-state index contributed by atoms with van der Waals surface area (Å²) < 4.78 is 26.2. The first-order chi connectivity index (χ1) is 15.7. The van der Waals surface area contributed by atoms with Gasteiger partial charge in [0.25, 0.3) is 10.0 Å². The SMILES string of the molecule is C1CC2CCC12.CN(C)C(=O)NS(=O)(=O)c1ccc(CCNC(=O)N2CCCCC2=O)cc1. The molecule has 2 saturated carbocycles. The van der Waals surface area contributed by atoms with E-state index in [2.05, 4.69) is 5.32 Å². The monoisotopic (exact) mass is 478 g/mol. The Kier molecular flexibility index (Phi) is 8.34. The van der Waals surface area contributed by atoms with Crippen LogP contribution in [-0.4, -0.2) is 63.4 Å². The zero-order valence-electron chi connectivity index (χ0n) is 19.4. The highest BCUT2D eigenvalue weighted by Gasteiger charge is 2.37. The summed E-state index contributed by atoms with van der Waals surface area (Å²) in [6.07, 6.45) is 8.75. The maximum absolute atomic E-state index is 12.1. The molecule has 1 heterocycles. The molecule has 33 heavy (non-hydrogen) atoms. The summed E-state index contributed by atoms with van der Waals surface area (Å²) in [6, 6.07) is 4.91. The normalized spacial score (nSPS) is 21.4. The van der Waals surface area contributed by atoms with Gasteiger partial charge in [-0.1, -0.05) is 12.1 Å². The highest BCUT2D eigenvalue weighted by atomic mass is 32.2. The Morgan fingerprint density at radius 3 is 2.12 bits per heavy atom. The Morgan fingerprint density at radius 1 is 1.03 bits per heavy atom. The largest absolute Gasteiger partial charge is 0.337 e. The Balaban J connectivity index is 0.000000431. The van der Waals surface area contributed by atoms with Crippen LogP contribution in [0.2, 0.25) is 0 Å². The van der Waals surface area contributed by atoms with E-state index in [0.717, 1.165) is 23.3 Å². The maximum Gasteiger partial charge on any atom is 0.330 e. The topological polar surface area (TPSA) is 116 Å². The van der Waals surface area contributed by atoms with Gasteiger partial charge in [-0.3, -0.25) is 9.69 Å². The van der Waals surface area contributed by atoms with Gasteiger partial charge in [0.1, 0.15) is 0 Å². The lowest BCUT2D eigenvalue weighted by Crippen LogP contribution is -2.46. The second-order valence-corrected chi connectivity index (χ2v) is 10.8. The molecule has 0 aromatic heterocycles. The molecule has 1 saturated heterocycles. The Bertz CT molecular complexity index is 944. The van der Waals surface area contributed by atoms with Crippen molar-refractivity contribution < 1.29 is 22.8 Å². The first-order valence-corrected chi connectivity index (χ1v) is 13.1. The molecule has 2 N–H and O–H groups in total. The molecule has 182 valence electrons. The minimum absolute atomic E-state index is 0.0237. The van der Waals surface area contributed by atoms with E-state index in [4.69, 9.17) is 0 Å². The predicted octanol–water partition coefficient (Wildman–Crippen LogP) is 2.72. The Labute approximate surface area is 195 Å². The summed E-state index contributed by atoms with van der Waals surface area (Å²) in [7, 11) is -1.04. The quantitative estimate of drug-likeness (QED) is 0.675. The van der Waals surface area contributed by atoms with Gasteiger partial charge in [-0.05, 0) is 74.5 Å². The van der Waals surface area contributed by atoms with Crippen molar-refractivity contribution >= 4 is 28.0 Å². The Hall–Kier alpha value is -2.62. The molecule has 0 spiro atoms. The van der Waals surface area contributed by atoms with Crippen LogP contribution in [0.25, 0.3) is 0 Å². The molecule has 0 radical (unpaired) electrons. The minimum Gasteiger partial charge on any atom is -0.337 e. The number of nitrogens with one attached hydrogen (secondary N) is 2. The van der Waals surface area contributed by atoms with Crippen LogP contribution < -0.4 is 10.0 Å². The van der Waals surface area contributed by atoms with Gasteiger partial charge >= 0.3 is 12.1 Å². The zero-order chi connectivity index (χ0) is 24.0. The molecule has 1 aromatic carbocycles. The number of carbonyl (C=O) groups excluding carboxylic acids is 3. The number of hydrogen-bond acceptors (Lipinski definition) is 5. The summed E-state index contributed by atoms with van der Waals surface area (Å²) in [4.78, 5) is 37.6. The number of imide groups is 1. The van der Waals surface area contributed by atoms with Crippen molar-refractivity contribution in [2.45, 2.75) is 56.3 Å². The van der Waals surface area contributed by atoms with E-state index < -0.39 is 22.1 Å². The van der Waals surface area contributed by atoms with Crippen molar-refractivity contribution in [2.24, 2.45) is 11.8 Å². The van der Waals surface area contributed by atoms with Gasteiger partial charge in [-0.15, -0.1) is 0 Å². The molecule has 0 unspecified atom stereocenters. The van der Waals surface area contributed by atoms with Gasteiger partial charge in [0.05, 0.1) is 4.90 Å². The number of sulfonamides is 1. The lowest BCUT2D eigenvalue weighted by atomic mass is 9.60. The average Bonchev–Trinajstić information content (AvgIpc) is 2.77. The van der Waals surface area contributed by atoms with E-state index in [0.29, 0.717) is 25.9 Å². The molecular weight excluding hydrogens is 444 g/mol. The molecule has 2 aliphatic carbocycles. The van der Waals surface area contributed by atoms with E-state index in [1.54, 1.807) is 37.8 Å². The number of carbonyl (C=O) groups is 3. The smallest absolute Gasteiger partial charge is 0.330 e. The summed E-state index contributed by atoms with van der Waals surface area (Å²) >= 11 is 0. The van der Waals surface area contributed by atoms with Gasteiger partial charge in [-0.25, -0.2) is 22.7 Å². The van der Waals surface area contributed by atoms with Crippen molar-refractivity contribution in [3.8, 4) is 0 Å². The highest BCUT2D eigenvalue weighted by molar-refractivity contribution is 7.90. The lowest BCUT2D eigenvalue weighted by molar-refractivity contribution is -0.130. The zero-order valence-corrected chi connectivity index (χ0v) is 20.2. The number of nitrogens with zero attached hydrogens (tertiary/aromatic N) is 2. The number of rotatable bonds is 5. The van der Waals surface area contributed by atoms with Crippen molar-refractivity contribution in [3.63, 3.8) is 0 Å². The summed E-state index contributed by atoms with van der Waals surface area (Å²) in [5.41, 5.74) is 0.818. The molecule has 9 nitrogen and oxygen atoms in total. The molecule has 5 amide bonds. The number of amides is 5. The number of piperidine rings is 1. The summed E-state index contributed by atoms with van der Waals surface area (Å²) in [6.45, 7) is 0.766. The highest BCUT2D eigenvalue weighted by Crippen LogP contribution is 2.49. The van der Waals surface area contributed by atoms with Crippen molar-refractivity contribution in [2.75, 3.05) is 27.2 Å². The van der Waals surface area contributed by atoms with Crippen molar-refractivity contribution in [1.29, 1.82) is 0 Å². The first kappa shape index (κ1) is 25.0. The fraction of sp³-hybridized carbons (Fsp3) is 0.609. The molecule has 4 rings (SSSR count). The number of benzene rings is 1. The third kappa shape index (κ3) is 6.69. The molecule has 3 aliphatic rings. The molecule has 3 fully saturated rings. The second kappa shape index (κ2) is 11.0.